The average Bonchev–Trinajstić information content (AvgIpc) is 2.94. The Labute approximate surface area is 180 Å². The van der Waals surface area contributed by atoms with Crippen molar-refractivity contribution in [3.8, 4) is 23.0 Å². The van der Waals surface area contributed by atoms with Gasteiger partial charge in [-0.3, -0.25) is 0 Å². The van der Waals surface area contributed by atoms with Gasteiger partial charge >= 0.3 is 0 Å². The number of rotatable bonds is 1. The first-order chi connectivity index (χ1) is 15.1. The van der Waals surface area contributed by atoms with Crippen molar-refractivity contribution in [2.45, 2.75) is 18.4 Å². The molecule has 0 radical (unpaired) electrons. The zero-order chi connectivity index (χ0) is 20.7. The van der Waals surface area contributed by atoms with E-state index in [9.17, 15) is 5.11 Å². The molecule has 1 unspecified atom stereocenters. The molecule has 0 saturated heterocycles. The van der Waals surface area contributed by atoms with E-state index in [2.05, 4.69) is 17.0 Å². The maximum absolute atomic E-state index is 10.8. The molecule has 1 N–H and O–H groups in total. The highest BCUT2D eigenvalue weighted by atomic mass is 16.5. The number of benzene rings is 3. The van der Waals surface area contributed by atoms with Gasteiger partial charge in [0.25, 0.3) is 0 Å². The van der Waals surface area contributed by atoms with Crippen LogP contribution < -0.4 is 14.4 Å². The molecule has 0 spiro atoms. The Morgan fingerprint density at radius 1 is 0.774 bits per heavy atom. The van der Waals surface area contributed by atoms with Crippen LogP contribution in [0.4, 0.5) is 11.4 Å². The van der Waals surface area contributed by atoms with Gasteiger partial charge in [0, 0.05) is 22.4 Å². The largest absolute Gasteiger partial charge is 0.457 e. The van der Waals surface area contributed by atoms with Crippen LogP contribution in [0.1, 0.15) is 29.5 Å². The fourth-order valence-electron chi connectivity index (χ4n) is 5.22. The molecule has 0 fully saturated rings. The lowest BCUT2D eigenvalue weighted by molar-refractivity contribution is 0.163. The van der Waals surface area contributed by atoms with E-state index in [-0.39, 0.29) is 5.92 Å². The predicted octanol–water partition coefficient (Wildman–Crippen LogP) is 6.29. The van der Waals surface area contributed by atoms with E-state index in [1.165, 1.54) is 0 Å². The molecule has 0 bridgehead atoms. The molecule has 7 rings (SSSR count). The van der Waals surface area contributed by atoms with Crippen molar-refractivity contribution in [2.24, 2.45) is 0 Å². The molecule has 3 aliphatic heterocycles. The number of hydrogen-bond donors (Lipinski definition) is 1. The highest BCUT2D eigenvalue weighted by molar-refractivity contribution is 5.88. The minimum absolute atomic E-state index is 0.0522. The monoisotopic (exact) mass is 405 g/mol. The van der Waals surface area contributed by atoms with E-state index in [1.54, 1.807) is 13.0 Å². The van der Waals surface area contributed by atoms with Crippen molar-refractivity contribution < 1.29 is 14.6 Å². The quantitative estimate of drug-likeness (QED) is 0.356. The zero-order valence-corrected chi connectivity index (χ0v) is 16.9. The Hall–Kier alpha value is -3.76. The minimum atomic E-state index is -1.05. The molecule has 4 heteroatoms. The molecule has 0 saturated carbocycles. The van der Waals surface area contributed by atoms with Crippen molar-refractivity contribution in [3.63, 3.8) is 0 Å². The van der Waals surface area contributed by atoms with E-state index in [4.69, 9.17) is 9.47 Å². The molecule has 1 aliphatic carbocycles. The minimum Gasteiger partial charge on any atom is -0.457 e. The summed E-state index contributed by atoms with van der Waals surface area (Å²) >= 11 is 0. The Kier molecular flexibility index (Phi) is 3.11. The Morgan fingerprint density at radius 2 is 1.32 bits per heavy atom. The van der Waals surface area contributed by atoms with E-state index in [1.807, 2.05) is 66.8 Å². The highest BCUT2D eigenvalue weighted by Gasteiger charge is 2.44. The number of hydrogen-bond acceptors (Lipinski definition) is 4. The van der Waals surface area contributed by atoms with E-state index in [0.717, 1.165) is 56.8 Å². The lowest BCUT2D eigenvalue weighted by atomic mass is 9.76. The summed E-state index contributed by atoms with van der Waals surface area (Å²) < 4.78 is 12.7. The standard InChI is InChI=1S/C27H19NO3/c1-27(29)14-3-2-7-16(15-27)28-17-8-4-10-19-23(17)26-24-18(28)9-5-11-20(24)31-22-13-6-12-21(30-19)25(22)26/h2-15,26,29H,1H3. The van der Waals surface area contributed by atoms with Crippen molar-refractivity contribution in [1.82, 2.24) is 0 Å². The first-order valence-electron chi connectivity index (χ1n) is 10.5. The molecule has 3 aromatic carbocycles. The second kappa shape index (κ2) is 5.68. The fourth-order valence-corrected chi connectivity index (χ4v) is 5.22. The summed E-state index contributed by atoms with van der Waals surface area (Å²) in [5.74, 6) is 3.48. The third kappa shape index (κ3) is 2.23. The molecule has 0 aromatic heterocycles. The third-order valence-corrected chi connectivity index (χ3v) is 6.41. The van der Waals surface area contributed by atoms with Gasteiger partial charge in [-0.15, -0.1) is 0 Å². The number of nitrogens with zero attached hydrogens (tertiary/aromatic N) is 1. The molecule has 0 amide bonds. The second-order valence-electron chi connectivity index (χ2n) is 8.53. The van der Waals surface area contributed by atoms with E-state index < -0.39 is 5.60 Å². The Morgan fingerprint density at radius 3 is 1.94 bits per heavy atom. The van der Waals surface area contributed by atoms with Crippen molar-refractivity contribution in [3.05, 3.63) is 107 Å². The smallest absolute Gasteiger partial charge is 0.135 e. The van der Waals surface area contributed by atoms with Gasteiger partial charge in [-0.1, -0.05) is 30.4 Å². The highest BCUT2D eigenvalue weighted by Crippen LogP contribution is 2.63. The van der Waals surface area contributed by atoms with Gasteiger partial charge in [-0.25, -0.2) is 0 Å². The first-order valence-corrected chi connectivity index (χ1v) is 10.5. The summed E-state index contributed by atoms with van der Waals surface area (Å²) in [7, 11) is 0. The lowest BCUT2D eigenvalue weighted by Crippen LogP contribution is -2.30. The van der Waals surface area contributed by atoms with Crippen molar-refractivity contribution >= 4 is 11.4 Å². The number of aliphatic hydroxyl groups is 1. The van der Waals surface area contributed by atoms with Crippen LogP contribution in [0.15, 0.2) is 90.7 Å². The Bertz CT molecular complexity index is 1300. The molecular weight excluding hydrogens is 386 g/mol. The molecule has 150 valence electrons. The molecule has 31 heavy (non-hydrogen) atoms. The van der Waals surface area contributed by atoms with Crippen LogP contribution in [0.25, 0.3) is 0 Å². The van der Waals surface area contributed by atoms with Crippen LogP contribution in [0.3, 0.4) is 0 Å². The molecule has 4 aliphatic rings. The summed E-state index contributed by atoms with van der Waals surface area (Å²) in [6.45, 7) is 1.79. The van der Waals surface area contributed by atoms with Gasteiger partial charge in [-0.2, -0.15) is 0 Å². The SMILES string of the molecule is CC1(O)C=CC=CC(N2c3cccc4c3C3c5c(cccc5Oc5cccc2c53)O4)=C1. The Balaban J connectivity index is 1.57. The predicted molar refractivity (Wildman–Crippen MR) is 120 cm³/mol. The number of anilines is 2. The topological polar surface area (TPSA) is 41.9 Å². The zero-order valence-electron chi connectivity index (χ0n) is 16.9. The normalized spacial score (nSPS) is 21.6. The fraction of sp³-hybridized carbons (Fsp3) is 0.111. The van der Waals surface area contributed by atoms with Crippen LogP contribution in [0, 0.1) is 0 Å². The molecule has 3 aromatic rings. The van der Waals surface area contributed by atoms with Crippen LogP contribution in [-0.4, -0.2) is 10.7 Å². The lowest BCUT2D eigenvalue weighted by Gasteiger charge is -2.44. The van der Waals surface area contributed by atoms with Crippen molar-refractivity contribution in [2.75, 3.05) is 4.90 Å². The summed E-state index contributed by atoms with van der Waals surface area (Å²) in [5.41, 5.74) is 5.33. The first kappa shape index (κ1) is 17.0. The van der Waals surface area contributed by atoms with Crippen molar-refractivity contribution in [1.29, 1.82) is 0 Å². The van der Waals surface area contributed by atoms with Gasteiger partial charge in [0.2, 0.25) is 0 Å². The van der Waals surface area contributed by atoms with Gasteiger partial charge in [0.05, 0.1) is 17.3 Å². The summed E-state index contributed by atoms with van der Waals surface area (Å²) in [6, 6.07) is 18.4. The molecular formula is C27H19NO3. The molecule has 4 nitrogen and oxygen atoms in total. The van der Waals surface area contributed by atoms with Gasteiger partial charge < -0.3 is 19.5 Å². The summed E-state index contributed by atoms with van der Waals surface area (Å²) in [4.78, 5) is 2.21. The maximum atomic E-state index is 10.8. The maximum Gasteiger partial charge on any atom is 0.135 e. The van der Waals surface area contributed by atoms with Crippen LogP contribution in [0.5, 0.6) is 23.0 Å². The average molecular weight is 405 g/mol. The van der Waals surface area contributed by atoms with Crippen LogP contribution in [0.2, 0.25) is 0 Å². The summed E-state index contributed by atoms with van der Waals surface area (Å²) in [6.07, 6.45) is 9.55. The summed E-state index contributed by atoms with van der Waals surface area (Å²) in [5, 5.41) is 10.8. The van der Waals surface area contributed by atoms with Gasteiger partial charge in [-0.05, 0) is 61.5 Å². The van der Waals surface area contributed by atoms with Gasteiger partial charge in [0.1, 0.15) is 28.6 Å². The van der Waals surface area contributed by atoms with Crippen LogP contribution in [-0.2, 0) is 0 Å². The van der Waals surface area contributed by atoms with Crippen LogP contribution >= 0.6 is 0 Å². The van der Waals surface area contributed by atoms with E-state index >= 15 is 0 Å². The molecule has 1 atom stereocenters. The number of ether oxygens (including phenoxy) is 2. The molecule has 3 heterocycles. The number of allylic oxidation sites excluding steroid dienone is 3. The second-order valence-corrected chi connectivity index (χ2v) is 8.53. The van der Waals surface area contributed by atoms with Gasteiger partial charge in [0.15, 0.2) is 0 Å². The van der Waals surface area contributed by atoms with E-state index in [0.29, 0.717) is 0 Å². The third-order valence-electron chi connectivity index (χ3n) is 6.41.